The van der Waals surface area contributed by atoms with Crippen LogP contribution in [-0.4, -0.2) is 11.7 Å². The summed E-state index contributed by atoms with van der Waals surface area (Å²) in [6.07, 6.45) is 5.90. The van der Waals surface area contributed by atoms with Gasteiger partial charge in [-0.15, -0.1) is 11.8 Å². The van der Waals surface area contributed by atoms with E-state index in [0.717, 1.165) is 12.2 Å². The van der Waals surface area contributed by atoms with Crippen molar-refractivity contribution in [2.75, 3.05) is 5.75 Å². The molecule has 1 aliphatic carbocycles. The number of carbonyl (C=O) groups excluding carboxylic acids is 1. The van der Waals surface area contributed by atoms with Gasteiger partial charge in [0.25, 0.3) is 0 Å². The van der Waals surface area contributed by atoms with Crippen LogP contribution in [0.5, 0.6) is 0 Å². The molecule has 26 heavy (non-hydrogen) atoms. The summed E-state index contributed by atoms with van der Waals surface area (Å²) < 4.78 is 0. The number of amides is 1. The largest absolute Gasteiger partial charge is 0.349 e. The smallest absolute Gasteiger partial charge is 0.230 e. The van der Waals surface area contributed by atoms with Gasteiger partial charge in [0.05, 0.1) is 11.8 Å². The topological polar surface area (TPSA) is 29.1 Å². The molecular formula is C23H29NOS. The second kappa shape index (κ2) is 9.27. The van der Waals surface area contributed by atoms with Crippen molar-refractivity contribution in [2.24, 2.45) is 0 Å². The van der Waals surface area contributed by atoms with Gasteiger partial charge < -0.3 is 5.32 Å². The molecule has 3 heteroatoms. The van der Waals surface area contributed by atoms with E-state index in [1.54, 1.807) is 11.8 Å². The van der Waals surface area contributed by atoms with Gasteiger partial charge >= 0.3 is 0 Å². The number of hydrogen-bond donors (Lipinski definition) is 1. The zero-order chi connectivity index (χ0) is 18.4. The molecule has 2 aromatic rings. The highest BCUT2D eigenvalue weighted by Gasteiger charge is 2.16. The Hall–Kier alpha value is -1.74. The number of carbonyl (C=O) groups is 1. The van der Waals surface area contributed by atoms with Crippen LogP contribution in [0.25, 0.3) is 0 Å². The highest BCUT2D eigenvalue weighted by Crippen LogP contribution is 2.26. The summed E-state index contributed by atoms with van der Waals surface area (Å²) in [5.74, 6) is 1.53. The molecule has 1 atom stereocenters. The Labute approximate surface area is 161 Å². The van der Waals surface area contributed by atoms with Crippen molar-refractivity contribution in [3.63, 3.8) is 0 Å². The van der Waals surface area contributed by atoms with E-state index < -0.39 is 0 Å². The van der Waals surface area contributed by atoms with Gasteiger partial charge in [-0.25, -0.2) is 0 Å². The van der Waals surface area contributed by atoms with Crippen molar-refractivity contribution in [1.82, 2.24) is 5.32 Å². The standard InChI is InChI=1S/C23H29NOS/c1-3-22(20-13-12-18-9-6-7-10-19(18)14-20)24-23(25)16-26-15-21-11-5-4-8-17(21)2/h4-5,8,11-14,22H,3,6-7,9-10,15-16H2,1-2H3,(H,24,25). The van der Waals surface area contributed by atoms with E-state index in [2.05, 4.69) is 61.6 Å². The third kappa shape index (κ3) is 4.91. The zero-order valence-corrected chi connectivity index (χ0v) is 16.7. The normalized spacial score (nSPS) is 14.5. The number of hydrogen-bond acceptors (Lipinski definition) is 2. The predicted octanol–water partition coefficient (Wildman–Crippen LogP) is 5.37. The highest BCUT2D eigenvalue weighted by molar-refractivity contribution is 7.99. The predicted molar refractivity (Wildman–Crippen MR) is 112 cm³/mol. The highest BCUT2D eigenvalue weighted by atomic mass is 32.2. The second-order valence-corrected chi connectivity index (χ2v) is 8.17. The quantitative estimate of drug-likeness (QED) is 0.712. The van der Waals surface area contributed by atoms with Crippen LogP contribution >= 0.6 is 11.8 Å². The van der Waals surface area contributed by atoms with Gasteiger partial charge in [-0.2, -0.15) is 0 Å². The number of thioether (sulfide) groups is 1. The first-order valence-corrected chi connectivity index (χ1v) is 10.9. The molecule has 0 aromatic heterocycles. The monoisotopic (exact) mass is 367 g/mol. The van der Waals surface area contributed by atoms with Crippen LogP contribution < -0.4 is 5.32 Å². The van der Waals surface area contributed by atoms with Gasteiger partial charge in [0, 0.05) is 5.75 Å². The van der Waals surface area contributed by atoms with Crippen molar-refractivity contribution in [1.29, 1.82) is 0 Å². The van der Waals surface area contributed by atoms with Crippen LogP contribution in [0, 0.1) is 6.92 Å². The van der Waals surface area contributed by atoms with E-state index in [1.165, 1.54) is 53.5 Å². The van der Waals surface area contributed by atoms with Crippen LogP contribution in [-0.2, 0) is 23.4 Å². The molecule has 1 N–H and O–H groups in total. The van der Waals surface area contributed by atoms with Crippen molar-refractivity contribution in [3.05, 3.63) is 70.3 Å². The number of nitrogens with one attached hydrogen (secondary N) is 1. The van der Waals surface area contributed by atoms with Crippen LogP contribution in [0.1, 0.15) is 60.0 Å². The van der Waals surface area contributed by atoms with Crippen LogP contribution in [0.2, 0.25) is 0 Å². The van der Waals surface area contributed by atoms with E-state index in [-0.39, 0.29) is 11.9 Å². The third-order valence-electron chi connectivity index (χ3n) is 5.27. The summed E-state index contributed by atoms with van der Waals surface area (Å²) in [4.78, 5) is 12.4. The van der Waals surface area contributed by atoms with Gasteiger partial charge in [0.2, 0.25) is 5.91 Å². The van der Waals surface area contributed by atoms with Crippen molar-refractivity contribution >= 4 is 17.7 Å². The van der Waals surface area contributed by atoms with Crippen LogP contribution in [0.15, 0.2) is 42.5 Å². The van der Waals surface area contributed by atoms with Crippen molar-refractivity contribution in [3.8, 4) is 0 Å². The molecule has 2 aromatic carbocycles. The molecule has 3 rings (SSSR count). The Morgan fingerprint density at radius 1 is 1.12 bits per heavy atom. The van der Waals surface area contributed by atoms with Crippen LogP contribution in [0.4, 0.5) is 0 Å². The van der Waals surface area contributed by atoms with Gasteiger partial charge in [0.15, 0.2) is 0 Å². The molecule has 0 bridgehead atoms. The minimum atomic E-state index is 0.119. The number of aryl methyl sites for hydroxylation is 3. The molecule has 1 amide bonds. The van der Waals surface area contributed by atoms with E-state index in [0.29, 0.717) is 5.75 Å². The van der Waals surface area contributed by atoms with Gasteiger partial charge in [0.1, 0.15) is 0 Å². The third-order valence-corrected chi connectivity index (χ3v) is 6.25. The first kappa shape index (κ1) is 19.0. The maximum Gasteiger partial charge on any atom is 0.230 e. The minimum Gasteiger partial charge on any atom is -0.349 e. The Morgan fingerprint density at radius 3 is 2.65 bits per heavy atom. The summed E-state index contributed by atoms with van der Waals surface area (Å²) >= 11 is 1.69. The van der Waals surface area contributed by atoms with E-state index in [9.17, 15) is 4.79 Å². The lowest BCUT2D eigenvalue weighted by Gasteiger charge is -2.21. The van der Waals surface area contributed by atoms with E-state index >= 15 is 0 Å². The maximum absolute atomic E-state index is 12.4. The molecular weight excluding hydrogens is 338 g/mol. The Balaban J connectivity index is 1.54. The van der Waals surface area contributed by atoms with Crippen molar-refractivity contribution in [2.45, 2.75) is 57.7 Å². The average Bonchev–Trinajstić information content (AvgIpc) is 2.67. The fourth-order valence-electron chi connectivity index (χ4n) is 3.65. The van der Waals surface area contributed by atoms with Crippen LogP contribution in [0.3, 0.4) is 0 Å². The molecule has 0 saturated heterocycles. The zero-order valence-electron chi connectivity index (χ0n) is 15.9. The number of fused-ring (bicyclic) bond motifs is 1. The lowest BCUT2D eigenvalue weighted by molar-refractivity contribution is -0.119. The van der Waals surface area contributed by atoms with Gasteiger partial charge in [-0.1, -0.05) is 49.4 Å². The molecule has 0 aliphatic heterocycles. The fourth-order valence-corrected chi connectivity index (χ4v) is 4.57. The number of rotatable bonds is 7. The van der Waals surface area contributed by atoms with Crippen molar-refractivity contribution < 1.29 is 4.79 Å². The molecule has 2 nitrogen and oxygen atoms in total. The SMILES string of the molecule is CCC(NC(=O)CSCc1ccccc1C)c1ccc2c(c1)CCCC2. The molecule has 0 heterocycles. The van der Waals surface area contributed by atoms with Gasteiger partial charge in [-0.05, 0) is 66.8 Å². The second-order valence-electron chi connectivity index (χ2n) is 7.18. The summed E-state index contributed by atoms with van der Waals surface area (Å²) in [7, 11) is 0. The molecule has 0 spiro atoms. The van der Waals surface area contributed by atoms with E-state index in [1.807, 2.05) is 0 Å². The van der Waals surface area contributed by atoms with E-state index in [4.69, 9.17) is 0 Å². The minimum absolute atomic E-state index is 0.119. The average molecular weight is 368 g/mol. The van der Waals surface area contributed by atoms with Gasteiger partial charge in [-0.3, -0.25) is 4.79 Å². The molecule has 0 saturated carbocycles. The number of benzene rings is 2. The summed E-state index contributed by atoms with van der Waals surface area (Å²) in [6, 6.07) is 15.3. The first-order valence-electron chi connectivity index (χ1n) is 9.70. The molecule has 138 valence electrons. The summed E-state index contributed by atoms with van der Waals surface area (Å²) in [5.41, 5.74) is 6.84. The molecule has 0 radical (unpaired) electrons. The Bertz CT molecular complexity index is 756. The first-order chi connectivity index (χ1) is 12.7. The lowest BCUT2D eigenvalue weighted by atomic mass is 9.89. The lowest BCUT2D eigenvalue weighted by Crippen LogP contribution is -2.29. The fraction of sp³-hybridized carbons (Fsp3) is 0.435. The Kier molecular flexibility index (Phi) is 6.79. The summed E-state index contributed by atoms with van der Waals surface area (Å²) in [6.45, 7) is 4.27. The molecule has 1 aliphatic rings. The molecule has 1 unspecified atom stereocenters. The molecule has 0 fully saturated rings. The summed E-state index contributed by atoms with van der Waals surface area (Å²) in [5, 5.41) is 3.23. The Morgan fingerprint density at radius 2 is 1.88 bits per heavy atom. The maximum atomic E-state index is 12.4.